The number of nitrogens with one attached hydrogen (secondary N) is 3. The van der Waals surface area contributed by atoms with Crippen molar-refractivity contribution in [2.45, 2.75) is 38.3 Å². The van der Waals surface area contributed by atoms with Gasteiger partial charge in [0.15, 0.2) is 0 Å². The molecule has 1 aliphatic rings. The molecule has 5 heteroatoms. The van der Waals surface area contributed by atoms with Crippen molar-refractivity contribution in [2.75, 3.05) is 13.2 Å². The van der Waals surface area contributed by atoms with E-state index in [-0.39, 0.29) is 11.7 Å². The molecule has 2 aromatic rings. The summed E-state index contributed by atoms with van der Waals surface area (Å²) >= 11 is 0. The Morgan fingerprint density at radius 3 is 3.00 bits per heavy atom. The predicted molar refractivity (Wildman–Crippen MR) is 78.9 cm³/mol. The van der Waals surface area contributed by atoms with Crippen molar-refractivity contribution in [3.8, 4) is 0 Å². The third-order valence-corrected chi connectivity index (χ3v) is 3.98. The minimum Gasteiger partial charge on any atom is -0.381 e. The highest BCUT2D eigenvalue weighted by Gasteiger charge is 2.16. The first-order valence-electron chi connectivity index (χ1n) is 7.28. The quantitative estimate of drug-likeness (QED) is 0.803. The highest BCUT2D eigenvalue weighted by molar-refractivity contribution is 5.75. The number of aromatic amines is 2. The number of rotatable bonds is 3. The molecule has 108 valence electrons. The molecule has 3 rings (SSSR count). The Balaban J connectivity index is 1.73. The van der Waals surface area contributed by atoms with Gasteiger partial charge in [-0.2, -0.15) is 0 Å². The van der Waals surface area contributed by atoms with Gasteiger partial charge < -0.3 is 20.0 Å². The highest BCUT2D eigenvalue weighted by Crippen LogP contribution is 2.19. The minimum absolute atomic E-state index is 0.154. The molecule has 3 N–H and O–H groups in total. The summed E-state index contributed by atoms with van der Waals surface area (Å²) in [5.41, 5.74) is 2.76. The lowest BCUT2D eigenvalue weighted by Gasteiger charge is -2.22. The van der Waals surface area contributed by atoms with Crippen molar-refractivity contribution < 1.29 is 4.74 Å². The van der Waals surface area contributed by atoms with Gasteiger partial charge in [-0.1, -0.05) is 6.07 Å². The van der Waals surface area contributed by atoms with E-state index >= 15 is 0 Å². The number of hydrogen-bond donors (Lipinski definition) is 3. The van der Waals surface area contributed by atoms with Crippen molar-refractivity contribution in [3.63, 3.8) is 0 Å². The van der Waals surface area contributed by atoms with Crippen LogP contribution in [0.25, 0.3) is 11.0 Å². The Morgan fingerprint density at radius 2 is 2.10 bits per heavy atom. The molecule has 0 amide bonds. The number of hydrogen-bond acceptors (Lipinski definition) is 3. The third-order valence-electron chi connectivity index (χ3n) is 3.98. The number of benzene rings is 1. The van der Waals surface area contributed by atoms with Gasteiger partial charge in [-0.05, 0) is 43.9 Å². The molecular formula is C15H21N3O2. The normalized spacial score (nSPS) is 21.8. The van der Waals surface area contributed by atoms with Crippen LogP contribution < -0.4 is 11.0 Å². The van der Waals surface area contributed by atoms with Crippen LogP contribution in [-0.2, 0) is 4.74 Å². The number of H-pyrrole nitrogens is 2. The topological polar surface area (TPSA) is 69.9 Å². The van der Waals surface area contributed by atoms with E-state index in [1.165, 1.54) is 5.56 Å². The summed E-state index contributed by atoms with van der Waals surface area (Å²) in [4.78, 5) is 16.9. The first kappa shape index (κ1) is 13.4. The summed E-state index contributed by atoms with van der Waals surface area (Å²) in [6.07, 6.45) is 3.34. The van der Waals surface area contributed by atoms with E-state index in [0.29, 0.717) is 6.04 Å². The zero-order valence-corrected chi connectivity index (χ0v) is 11.7. The van der Waals surface area contributed by atoms with Crippen molar-refractivity contribution in [1.29, 1.82) is 0 Å². The lowest BCUT2D eigenvalue weighted by molar-refractivity contribution is 0.142. The molecule has 1 aliphatic heterocycles. The molecule has 1 fully saturated rings. The predicted octanol–water partition coefficient (Wildman–Crippen LogP) is 2.08. The molecule has 0 aliphatic carbocycles. The van der Waals surface area contributed by atoms with Gasteiger partial charge in [-0.3, -0.25) is 0 Å². The second-order valence-electron chi connectivity index (χ2n) is 5.51. The van der Waals surface area contributed by atoms with Crippen LogP contribution in [0.1, 0.15) is 37.8 Å². The number of imidazole rings is 1. The lowest BCUT2D eigenvalue weighted by atomic mass is 10.0. The maximum Gasteiger partial charge on any atom is 0.323 e. The van der Waals surface area contributed by atoms with E-state index in [4.69, 9.17) is 4.74 Å². The van der Waals surface area contributed by atoms with E-state index in [1.807, 2.05) is 12.1 Å². The second kappa shape index (κ2) is 5.81. The van der Waals surface area contributed by atoms with Gasteiger partial charge in [0.05, 0.1) is 11.0 Å². The summed E-state index contributed by atoms with van der Waals surface area (Å²) in [5, 5.41) is 3.66. The summed E-state index contributed by atoms with van der Waals surface area (Å²) < 4.78 is 5.49. The van der Waals surface area contributed by atoms with Gasteiger partial charge >= 0.3 is 5.69 Å². The smallest absolute Gasteiger partial charge is 0.323 e. The molecule has 2 heterocycles. The Labute approximate surface area is 117 Å². The zero-order valence-electron chi connectivity index (χ0n) is 11.7. The van der Waals surface area contributed by atoms with Crippen molar-refractivity contribution in [2.24, 2.45) is 0 Å². The minimum atomic E-state index is -0.154. The van der Waals surface area contributed by atoms with Crippen molar-refractivity contribution in [1.82, 2.24) is 15.3 Å². The Morgan fingerprint density at radius 1 is 1.25 bits per heavy atom. The summed E-state index contributed by atoms with van der Waals surface area (Å²) in [6, 6.07) is 6.83. The summed E-state index contributed by atoms with van der Waals surface area (Å²) in [6.45, 7) is 3.88. The molecule has 0 saturated carbocycles. The van der Waals surface area contributed by atoms with E-state index in [9.17, 15) is 4.79 Å². The lowest BCUT2D eigenvalue weighted by Crippen LogP contribution is -2.31. The molecule has 20 heavy (non-hydrogen) atoms. The third kappa shape index (κ3) is 2.94. The maximum absolute atomic E-state index is 11.3. The first-order valence-corrected chi connectivity index (χ1v) is 7.28. The molecule has 0 radical (unpaired) electrons. The van der Waals surface area contributed by atoms with Crippen LogP contribution in [0.2, 0.25) is 0 Å². The van der Waals surface area contributed by atoms with Gasteiger partial charge in [0.25, 0.3) is 0 Å². The molecule has 1 aromatic carbocycles. The average molecular weight is 275 g/mol. The number of aromatic nitrogens is 2. The monoisotopic (exact) mass is 275 g/mol. The Kier molecular flexibility index (Phi) is 3.89. The Hall–Kier alpha value is -1.59. The van der Waals surface area contributed by atoms with Crippen LogP contribution in [-0.4, -0.2) is 29.2 Å². The highest BCUT2D eigenvalue weighted by atomic mass is 16.5. The fourth-order valence-electron chi connectivity index (χ4n) is 2.84. The average Bonchev–Trinajstić information content (AvgIpc) is 2.62. The fraction of sp³-hybridized carbons (Fsp3) is 0.533. The number of fused-ring (bicyclic) bond motifs is 1. The van der Waals surface area contributed by atoms with Crippen LogP contribution in [0.4, 0.5) is 0 Å². The van der Waals surface area contributed by atoms with E-state index in [1.54, 1.807) is 0 Å². The van der Waals surface area contributed by atoms with E-state index in [2.05, 4.69) is 28.3 Å². The van der Waals surface area contributed by atoms with Gasteiger partial charge in [-0.15, -0.1) is 0 Å². The first-order chi connectivity index (χ1) is 9.72. The zero-order chi connectivity index (χ0) is 13.9. The largest absolute Gasteiger partial charge is 0.381 e. The molecule has 5 nitrogen and oxygen atoms in total. The van der Waals surface area contributed by atoms with E-state index in [0.717, 1.165) is 43.5 Å². The maximum atomic E-state index is 11.3. The number of ether oxygens (including phenoxy) is 1. The summed E-state index contributed by atoms with van der Waals surface area (Å²) in [7, 11) is 0. The fourth-order valence-corrected chi connectivity index (χ4v) is 2.84. The van der Waals surface area contributed by atoms with Crippen molar-refractivity contribution >= 4 is 11.0 Å². The van der Waals surface area contributed by atoms with Crippen LogP contribution in [0.5, 0.6) is 0 Å². The van der Waals surface area contributed by atoms with Gasteiger partial charge in [0.2, 0.25) is 0 Å². The van der Waals surface area contributed by atoms with Gasteiger partial charge in [0, 0.05) is 25.3 Å². The van der Waals surface area contributed by atoms with Crippen LogP contribution in [0.15, 0.2) is 23.0 Å². The standard InChI is InChI=1S/C15H21N3O2/c1-10(16-12-3-2-7-20-8-6-12)11-4-5-13-14(9-11)18-15(19)17-13/h4-5,9-10,12,16H,2-3,6-8H2,1H3,(H2,17,18,19). The second-order valence-corrected chi connectivity index (χ2v) is 5.51. The van der Waals surface area contributed by atoms with E-state index < -0.39 is 0 Å². The van der Waals surface area contributed by atoms with Crippen LogP contribution in [0, 0.1) is 0 Å². The van der Waals surface area contributed by atoms with Crippen molar-refractivity contribution in [3.05, 3.63) is 34.2 Å². The molecule has 1 aromatic heterocycles. The SMILES string of the molecule is CC(NC1CCCOCC1)c1ccc2[nH]c(=O)[nH]c2c1. The molecule has 0 spiro atoms. The Bertz CT molecular complexity index is 623. The van der Waals surface area contributed by atoms with Gasteiger partial charge in [-0.25, -0.2) is 4.79 Å². The molecule has 1 saturated heterocycles. The molecule has 2 unspecified atom stereocenters. The molecular weight excluding hydrogens is 254 g/mol. The molecule has 0 bridgehead atoms. The summed E-state index contributed by atoms with van der Waals surface area (Å²) in [5.74, 6) is 0. The van der Waals surface area contributed by atoms with Crippen LogP contribution in [0.3, 0.4) is 0 Å². The molecule has 2 atom stereocenters. The van der Waals surface area contributed by atoms with Crippen LogP contribution >= 0.6 is 0 Å². The van der Waals surface area contributed by atoms with Gasteiger partial charge in [0.1, 0.15) is 0 Å².